The first-order valence-corrected chi connectivity index (χ1v) is 12.0. The van der Waals surface area contributed by atoms with E-state index in [0.29, 0.717) is 24.2 Å². The summed E-state index contributed by atoms with van der Waals surface area (Å²) in [7, 11) is -1.97. The number of hydrogen-bond acceptors (Lipinski definition) is 4. The van der Waals surface area contributed by atoms with E-state index in [1.54, 1.807) is 36.1 Å². The van der Waals surface area contributed by atoms with Crippen LogP contribution in [0.5, 0.6) is 0 Å². The summed E-state index contributed by atoms with van der Waals surface area (Å²) < 4.78 is 55.7. The van der Waals surface area contributed by atoms with Gasteiger partial charge in [-0.15, -0.1) is 0 Å². The van der Waals surface area contributed by atoms with E-state index in [9.17, 15) is 22.0 Å². The molecule has 0 spiro atoms. The number of sulfonamides is 1. The third-order valence-corrected chi connectivity index (χ3v) is 7.77. The van der Waals surface area contributed by atoms with Crippen LogP contribution in [-0.2, 0) is 21.9 Å². The van der Waals surface area contributed by atoms with Crippen molar-refractivity contribution in [3.63, 3.8) is 0 Å². The van der Waals surface area contributed by atoms with Gasteiger partial charge in [-0.3, -0.25) is 4.79 Å². The summed E-state index contributed by atoms with van der Waals surface area (Å²) in [6.07, 6.45) is 4.02. The van der Waals surface area contributed by atoms with Crippen LogP contribution in [0.15, 0.2) is 65.8 Å². The van der Waals surface area contributed by atoms with Gasteiger partial charge in [0.15, 0.2) is 0 Å². The van der Waals surface area contributed by atoms with Crippen molar-refractivity contribution >= 4 is 15.9 Å². The third-order valence-electron chi connectivity index (χ3n) is 5.86. The van der Waals surface area contributed by atoms with Crippen molar-refractivity contribution in [1.29, 1.82) is 0 Å². The highest BCUT2D eigenvalue weighted by atomic mass is 32.2. The van der Waals surface area contributed by atoms with Crippen LogP contribution >= 0.6 is 0 Å². The van der Waals surface area contributed by atoms with Crippen LogP contribution in [0, 0.1) is 17.6 Å². The molecule has 3 aromatic rings. The Labute approximate surface area is 191 Å². The van der Waals surface area contributed by atoms with Crippen molar-refractivity contribution in [3.05, 3.63) is 83.9 Å². The van der Waals surface area contributed by atoms with E-state index in [0.717, 1.165) is 12.1 Å². The van der Waals surface area contributed by atoms with E-state index in [1.165, 1.54) is 28.6 Å². The van der Waals surface area contributed by atoms with Gasteiger partial charge in [0.1, 0.15) is 23.5 Å². The van der Waals surface area contributed by atoms with E-state index in [1.807, 2.05) is 0 Å². The summed E-state index contributed by atoms with van der Waals surface area (Å²) in [6.45, 7) is 0.343. The highest BCUT2D eigenvalue weighted by Crippen LogP contribution is 2.27. The van der Waals surface area contributed by atoms with Gasteiger partial charge >= 0.3 is 0 Å². The van der Waals surface area contributed by atoms with Crippen molar-refractivity contribution < 1.29 is 22.0 Å². The molecular formula is C23H24F2N4O3S. The Kier molecular flexibility index (Phi) is 6.57. The lowest BCUT2D eigenvalue weighted by atomic mass is 9.96. The van der Waals surface area contributed by atoms with Crippen LogP contribution in [0.1, 0.15) is 30.3 Å². The number of nitrogens with zero attached hydrogens (tertiary/aromatic N) is 3. The summed E-state index contributed by atoms with van der Waals surface area (Å²) in [5, 5.41) is 2.97. The summed E-state index contributed by atoms with van der Waals surface area (Å²) >= 11 is 0. The van der Waals surface area contributed by atoms with E-state index >= 15 is 0 Å². The second kappa shape index (κ2) is 9.40. The molecule has 1 N–H and O–H groups in total. The fourth-order valence-electron chi connectivity index (χ4n) is 4.01. The topological polar surface area (TPSA) is 84.3 Å². The fourth-order valence-corrected chi connectivity index (χ4v) is 5.48. The number of imidazole rings is 1. The number of hydrogen-bond donors (Lipinski definition) is 1. The highest BCUT2D eigenvalue weighted by molar-refractivity contribution is 7.89. The van der Waals surface area contributed by atoms with E-state index < -0.39 is 33.6 Å². The van der Waals surface area contributed by atoms with Gasteiger partial charge in [0.2, 0.25) is 15.9 Å². The summed E-state index contributed by atoms with van der Waals surface area (Å²) in [4.78, 5) is 17.4. The van der Waals surface area contributed by atoms with Gasteiger partial charge in [0, 0.05) is 38.4 Å². The van der Waals surface area contributed by atoms with E-state index in [2.05, 4.69) is 10.3 Å². The number of aryl methyl sites for hydroxylation is 1. The largest absolute Gasteiger partial charge is 0.342 e. The predicted octanol–water partition coefficient (Wildman–Crippen LogP) is 3.00. The molecule has 1 fully saturated rings. The molecule has 1 saturated heterocycles. The summed E-state index contributed by atoms with van der Waals surface area (Å²) in [5.74, 6) is -1.01. The second-order valence-corrected chi connectivity index (χ2v) is 9.96. The van der Waals surface area contributed by atoms with Gasteiger partial charge < -0.3 is 9.88 Å². The van der Waals surface area contributed by atoms with Gasteiger partial charge in [-0.25, -0.2) is 22.2 Å². The molecular weight excluding hydrogens is 450 g/mol. The molecule has 0 unspecified atom stereocenters. The minimum absolute atomic E-state index is 0.0211. The van der Waals surface area contributed by atoms with Crippen molar-refractivity contribution in [2.24, 2.45) is 13.0 Å². The summed E-state index contributed by atoms with van der Waals surface area (Å²) in [6, 6.07) is 10.0. The molecule has 2 aromatic carbocycles. The molecule has 1 atom stereocenters. The average molecular weight is 475 g/mol. The van der Waals surface area contributed by atoms with Gasteiger partial charge in [0.05, 0.1) is 4.90 Å². The Bertz CT molecular complexity index is 1240. The fraction of sp³-hybridized carbons (Fsp3) is 0.304. The zero-order chi connectivity index (χ0) is 23.6. The molecule has 10 heteroatoms. The SMILES string of the molecule is Cn1ccnc1[C@@H](NC(=O)C1CCN(S(=O)(=O)c2ccc(F)cc2)CC1)c1cccc(F)c1. The molecule has 0 radical (unpaired) electrons. The van der Waals surface area contributed by atoms with Crippen LogP contribution in [0.25, 0.3) is 0 Å². The normalized spacial score (nSPS) is 16.5. The summed E-state index contributed by atoms with van der Waals surface area (Å²) in [5.41, 5.74) is 0.564. The van der Waals surface area contributed by atoms with Crippen LogP contribution in [0.2, 0.25) is 0 Å². The lowest BCUT2D eigenvalue weighted by Gasteiger charge is -2.31. The lowest BCUT2D eigenvalue weighted by molar-refractivity contribution is -0.126. The van der Waals surface area contributed by atoms with Gasteiger partial charge in [0.25, 0.3) is 0 Å². The molecule has 33 heavy (non-hydrogen) atoms. The molecule has 0 aliphatic carbocycles. The van der Waals surface area contributed by atoms with Crippen LogP contribution in [-0.4, -0.2) is 41.3 Å². The lowest BCUT2D eigenvalue weighted by Crippen LogP contribution is -2.44. The molecule has 2 heterocycles. The monoisotopic (exact) mass is 474 g/mol. The smallest absolute Gasteiger partial charge is 0.243 e. The number of carbonyl (C=O) groups excluding carboxylic acids is 1. The zero-order valence-electron chi connectivity index (χ0n) is 18.0. The van der Waals surface area contributed by atoms with E-state index in [-0.39, 0.29) is 23.9 Å². The molecule has 7 nitrogen and oxygen atoms in total. The van der Waals surface area contributed by atoms with Gasteiger partial charge in [-0.2, -0.15) is 4.31 Å². The van der Waals surface area contributed by atoms with Crippen molar-refractivity contribution in [2.75, 3.05) is 13.1 Å². The number of halogens is 2. The number of carbonyl (C=O) groups is 1. The molecule has 1 aliphatic heterocycles. The number of rotatable bonds is 6. The molecule has 1 amide bonds. The molecule has 4 rings (SSSR count). The Morgan fingerprint density at radius 3 is 2.39 bits per heavy atom. The molecule has 0 saturated carbocycles. The maximum Gasteiger partial charge on any atom is 0.243 e. The Balaban J connectivity index is 1.46. The van der Waals surface area contributed by atoms with Crippen molar-refractivity contribution in [2.45, 2.75) is 23.8 Å². The highest BCUT2D eigenvalue weighted by Gasteiger charge is 2.33. The molecule has 0 bridgehead atoms. The quantitative estimate of drug-likeness (QED) is 0.595. The van der Waals surface area contributed by atoms with E-state index in [4.69, 9.17) is 0 Å². The average Bonchev–Trinajstić information content (AvgIpc) is 3.23. The van der Waals surface area contributed by atoms with Crippen molar-refractivity contribution in [3.8, 4) is 0 Å². The first-order valence-electron chi connectivity index (χ1n) is 10.5. The maximum atomic E-state index is 13.9. The maximum absolute atomic E-state index is 13.9. The minimum Gasteiger partial charge on any atom is -0.342 e. The molecule has 1 aromatic heterocycles. The number of aromatic nitrogens is 2. The minimum atomic E-state index is -3.76. The standard InChI is InChI=1S/C23H24F2N4O3S/c1-28-14-11-26-22(28)21(17-3-2-4-19(25)15-17)27-23(30)16-9-12-29(13-10-16)33(31,32)20-7-5-18(24)6-8-20/h2-8,11,14-16,21H,9-10,12-13H2,1H3,(H,27,30)/t21-/m0/s1. The Hall–Kier alpha value is -3.11. The first-order chi connectivity index (χ1) is 15.8. The first kappa shape index (κ1) is 23.1. The number of piperidine rings is 1. The van der Waals surface area contributed by atoms with Gasteiger partial charge in [-0.1, -0.05) is 12.1 Å². The third kappa shape index (κ3) is 4.96. The Morgan fingerprint density at radius 1 is 1.09 bits per heavy atom. The number of nitrogens with one attached hydrogen (secondary N) is 1. The van der Waals surface area contributed by atoms with Gasteiger partial charge in [-0.05, 0) is 54.8 Å². The molecule has 1 aliphatic rings. The predicted molar refractivity (Wildman–Crippen MR) is 117 cm³/mol. The second-order valence-electron chi connectivity index (χ2n) is 8.03. The van der Waals surface area contributed by atoms with Crippen LogP contribution < -0.4 is 5.32 Å². The van der Waals surface area contributed by atoms with Crippen LogP contribution in [0.3, 0.4) is 0 Å². The number of amides is 1. The van der Waals surface area contributed by atoms with Crippen molar-refractivity contribution in [1.82, 2.24) is 19.2 Å². The van der Waals surface area contributed by atoms with Crippen LogP contribution in [0.4, 0.5) is 8.78 Å². The number of benzene rings is 2. The Morgan fingerprint density at radius 2 is 1.79 bits per heavy atom. The zero-order valence-corrected chi connectivity index (χ0v) is 18.8. The molecule has 174 valence electrons.